The number of amides is 1. The van der Waals surface area contributed by atoms with E-state index >= 15 is 0 Å². The van der Waals surface area contributed by atoms with Gasteiger partial charge in [0, 0.05) is 10.6 Å². The summed E-state index contributed by atoms with van der Waals surface area (Å²) in [7, 11) is 0. The molecule has 1 aliphatic rings. The van der Waals surface area contributed by atoms with Gasteiger partial charge in [-0.3, -0.25) is 4.79 Å². The summed E-state index contributed by atoms with van der Waals surface area (Å²) >= 11 is 1.55. The van der Waals surface area contributed by atoms with Crippen molar-refractivity contribution in [1.82, 2.24) is 0 Å². The van der Waals surface area contributed by atoms with Gasteiger partial charge in [0.15, 0.2) is 0 Å². The average Bonchev–Trinajstić information content (AvgIpc) is 2.74. The molecular formula is C16H17FN2OS. The summed E-state index contributed by atoms with van der Waals surface area (Å²) in [6, 6.07) is 6.28. The Labute approximate surface area is 127 Å². The third-order valence-corrected chi connectivity index (χ3v) is 4.96. The number of nitrogen functional groups attached to an aromatic ring is 1. The number of fused-ring (bicyclic) bond motifs is 1. The molecule has 1 aliphatic carbocycles. The molecular weight excluding hydrogens is 287 g/mol. The van der Waals surface area contributed by atoms with Crippen LogP contribution in [0.15, 0.2) is 24.3 Å². The van der Waals surface area contributed by atoms with E-state index in [0.717, 1.165) is 12.8 Å². The van der Waals surface area contributed by atoms with Crippen LogP contribution in [-0.2, 0) is 12.8 Å². The largest absolute Gasteiger partial charge is 0.396 e. The van der Waals surface area contributed by atoms with Crippen LogP contribution in [0.4, 0.5) is 15.8 Å². The normalized spacial score (nSPS) is 14.3. The smallest absolute Gasteiger partial charge is 0.265 e. The van der Waals surface area contributed by atoms with Crippen LogP contribution in [0.25, 0.3) is 0 Å². The molecule has 2 aromatic rings. The molecule has 0 saturated carbocycles. The molecule has 0 radical (unpaired) electrons. The zero-order valence-corrected chi connectivity index (χ0v) is 12.4. The predicted octanol–water partition coefficient (Wildman–Crippen LogP) is 3.99. The highest BCUT2D eigenvalue weighted by molar-refractivity contribution is 7.14. The van der Waals surface area contributed by atoms with Crippen molar-refractivity contribution in [1.29, 1.82) is 0 Å². The number of hydrogen-bond donors (Lipinski definition) is 2. The molecule has 1 heterocycles. The second-order valence-electron chi connectivity index (χ2n) is 5.31. The molecule has 0 unspecified atom stereocenters. The van der Waals surface area contributed by atoms with Crippen LogP contribution in [0, 0.1) is 5.82 Å². The number of thiophene rings is 1. The van der Waals surface area contributed by atoms with Gasteiger partial charge in [-0.05, 0) is 55.5 Å². The molecule has 0 fully saturated rings. The summed E-state index contributed by atoms with van der Waals surface area (Å²) in [4.78, 5) is 14.3. The van der Waals surface area contributed by atoms with Gasteiger partial charge in [0.25, 0.3) is 5.91 Å². The molecule has 1 aromatic heterocycles. The van der Waals surface area contributed by atoms with Crippen molar-refractivity contribution in [2.45, 2.75) is 32.1 Å². The molecule has 21 heavy (non-hydrogen) atoms. The van der Waals surface area contributed by atoms with Gasteiger partial charge in [0.2, 0.25) is 0 Å². The van der Waals surface area contributed by atoms with Crippen LogP contribution >= 0.6 is 11.3 Å². The first kappa shape index (κ1) is 14.1. The Kier molecular flexibility index (Phi) is 3.92. The monoisotopic (exact) mass is 304 g/mol. The summed E-state index contributed by atoms with van der Waals surface area (Å²) in [6.45, 7) is 0. The van der Waals surface area contributed by atoms with Crippen molar-refractivity contribution >= 4 is 28.6 Å². The summed E-state index contributed by atoms with van der Waals surface area (Å²) < 4.78 is 13.4. The van der Waals surface area contributed by atoms with Crippen molar-refractivity contribution in [3.63, 3.8) is 0 Å². The Morgan fingerprint density at radius 1 is 1.19 bits per heavy atom. The van der Waals surface area contributed by atoms with Crippen LogP contribution in [0.3, 0.4) is 0 Å². The summed E-state index contributed by atoms with van der Waals surface area (Å²) in [5.74, 6) is -0.702. The number of aryl methyl sites for hydroxylation is 2. The molecule has 1 amide bonds. The molecule has 0 aliphatic heterocycles. The van der Waals surface area contributed by atoms with Gasteiger partial charge in [-0.1, -0.05) is 6.42 Å². The third kappa shape index (κ3) is 3.08. The number of carbonyl (C=O) groups is 1. The Morgan fingerprint density at radius 3 is 2.81 bits per heavy atom. The maximum atomic E-state index is 13.4. The molecule has 5 heteroatoms. The molecule has 0 spiro atoms. The van der Waals surface area contributed by atoms with Gasteiger partial charge in [-0.2, -0.15) is 0 Å². The fraction of sp³-hybridized carbons (Fsp3) is 0.312. The van der Waals surface area contributed by atoms with Gasteiger partial charge in [0.1, 0.15) is 5.82 Å². The molecule has 0 saturated heterocycles. The molecule has 3 nitrogen and oxygen atoms in total. The van der Waals surface area contributed by atoms with E-state index in [9.17, 15) is 9.18 Å². The summed E-state index contributed by atoms with van der Waals surface area (Å²) in [5.41, 5.74) is 7.23. The highest BCUT2D eigenvalue weighted by Gasteiger charge is 2.16. The fourth-order valence-electron chi connectivity index (χ4n) is 2.58. The number of nitrogens with one attached hydrogen (secondary N) is 1. The van der Waals surface area contributed by atoms with Gasteiger partial charge in [0.05, 0.1) is 10.6 Å². The van der Waals surface area contributed by atoms with E-state index < -0.39 is 5.82 Å². The Balaban J connectivity index is 1.77. The van der Waals surface area contributed by atoms with E-state index in [0.29, 0.717) is 10.6 Å². The SMILES string of the molecule is Nc1ccc(NC(=O)c2cc3c(s2)CCCCC3)cc1F. The van der Waals surface area contributed by atoms with Gasteiger partial charge in [-0.25, -0.2) is 4.39 Å². The predicted molar refractivity (Wildman–Crippen MR) is 84.3 cm³/mol. The van der Waals surface area contributed by atoms with Crippen molar-refractivity contribution in [2.75, 3.05) is 11.1 Å². The Morgan fingerprint density at radius 2 is 2.00 bits per heavy atom. The van der Waals surface area contributed by atoms with Gasteiger partial charge < -0.3 is 11.1 Å². The van der Waals surface area contributed by atoms with E-state index in [2.05, 4.69) is 5.32 Å². The lowest BCUT2D eigenvalue weighted by Gasteiger charge is -2.04. The first-order valence-corrected chi connectivity index (χ1v) is 7.93. The molecule has 0 bridgehead atoms. The first-order valence-electron chi connectivity index (χ1n) is 7.11. The average molecular weight is 304 g/mol. The number of anilines is 2. The number of rotatable bonds is 2. The van der Waals surface area contributed by atoms with Crippen molar-refractivity contribution in [3.8, 4) is 0 Å². The van der Waals surface area contributed by atoms with Gasteiger partial charge >= 0.3 is 0 Å². The topological polar surface area (TPSA) is 55.1 Å². The van der Waals surface area contributed by atoms with Crippen LogP contribution in [0.2, 0.25) is 0 Å². The fourth-order valence-corrected chi connectivity index (χ4v) is 3.73. The molecule has 1 aromatic carbocycles. The zero-order chi connectivity index (χ0) is 14.8. The van der Waals surface area contributed by atoms with Crippen molar-refractivity contribution < 1.29 is 9.18 Å². The lowest BCUT2D eigenvalue weighted by molar-refractivity contribution is 0.103. The molecule has 0 atom stereocenters. The number of carbonyl (C=O) groups excluding carboxylic acids is 1. The standard InChI is InChI=1S/C16H17FN2OS/c17-12-9-11(6-7-13(12)18)19-16(20)15-8-10-4-2-1-3-5-14(10)21-15/h6-9H,1-5,18H2,(H,19,20). The molecule has 3 rings (SSSR count). The second kappa shape index (κ2) is 5.85. The van der Waals surface area contributed by atoms with E-state index in [-0.39, 0.29) is 11.6 Å². The number of hydrogen-bond acceptors (Lipinski definition) is 3. The molecule has 3 N–H and O–H groups in total. The highest BCUT2D eigenvalue weighted by Crippen LogP contribution is 2.29. The van der Waals surface area contributed by atoms with Crippen molar-refractivity contribution in [2.24, 2.45) is 0 Å². The van der Waals surface area contributed by atoms with Crippen LogP contribution in [0.1, 0.15) is 39.4 Å². The number of nitrogens with two attached hydrogens (primary N) is 1. The maximum absolute atomic E-state index is 13.4. The van der Waals surface area contributed by atoms with Crippen LogP contribution in [0.5, 0.6) is 0 Å². The number of halogens is 1. The Hall–Kier alpha value is -1.88. The van der Waals surface area contributed by atoms with Crippen molar-refractivity contribution in [3.05, 3.63) is 45.4 Å². The minimum absolute atomic E-state index is 0.0795. The van der Waals surface area contributed by atoms with Crippen LogP contribution < -0.4 is 11.1 Å². The van der Waals surface area contributed by atoms with E-state index in [1.807, 2.05) is 6.07 Å². The minimum Gasteiger partial charge on any atom is -0.396 e. The third-order valence-electron chi connectivity index (χ3n) is 3.73. The first-order chi connectivity index (χ1) is 10.1. The van der Waals surface area contributed by atoms with Crippen LogP contribution in [-0.4, -0.2) is 5.91 Å². The second-order valence-corrected chi connectivity index (χ2v) is 6.45. The quantitative estimate of drug-likeness (QED) is 0.651. The van der Waals surface area contributed by atoms with Gasteiger partial charge in [-0.15, -0.1) is 11.3 Å². The van der Waals surface area contributed by atoms with E-state index in [4.69, 9.17) is 5.73 Å². The lowest BCUT2D eigenvalue weighted by atomic mass is 10.1. The lowest BCUT2D eigenvalue weighted by Crippen LogP contribution is -2.10. The van der Waals surface area contributed by atoms with E-state index in [1.54, 1.807) is 17.4 Å². The number of benzene rings is 1. The molecule has 110 valence electrons. The Bertz CT molecular complexity index is 657. The minimum atomic E-state index is -0.519. The summed E-state index contributed by atoms with van der Waals surface area (Å²) in [5, 5.41) is 2.73. The maximum Gasteiger partial charge on any atom is 0.265 e. The highest BCUT2D eigenvalue weighted by atomic mass is 32.1. The van der Waals surface area contributed by atoms with E-state index in [1.165, 1.54) is 41.8 Å². The summed E-state index contributed by atoms with van der Waals surface area (Å²) in [6.07, 6.45) is 5.75. The zero-order valence-electron chi connectivity index (χ0n) is 11.6.